The molecule has 1 heterocycles. The minimum absolute atomic E-state index is 0.408. The van der Waals surface area contributed by atoms with E-state index < -0.39 is 0 Å². The Balaban J connectivity index is 2.16. The van der Waals surface area contributed by atoms with E-state index in [4.69, 9.17) is 10.5 Å². The molecule has 0 spiro atoms. The van der Waals surface area contributed by atoms with E-state index in [9.17, 15) is 0 Å². The predicted octanol–water partition coefficient (Wildman–Crippen LogP) is 2.49. The van der Waals surface area contributed by atoms with E-state index in [2.05, 4.69) is 44.0 Å². The molecule has 0 bridgehead atoms. The molecule has 0 aromatic heterocycles. The van der Waals surface area contributed by atoms with Crippen LogP contribution in [0.2, 0.25) is 0 Å². The normalized spacial score (nSPS) is 18.3. The quantitative estimate of drug-likeness (QED) is 0.906. The lowest BCUT2D eigenvalue weighted by Crippen LogP contribution is -2.45. The molecule has 1 atom stereocenters. The van der Waals surface area contributed by atoms with E-state index in [1.54, 1.807) is 0 Å². The lowest BCUT2D eigenvalue weighted by Gasteiger charge is -2.37. The Kier molecular flexibility index (Phi) is 4.83. The number of hydrogen-bond acceptors (Lipinski definition) is 3. The Labute approximate surface area is 116 Å². The smallest absolute Gasteiger partial charge is 0.0469 e. The first-order chi connectivity index (χ1) is 9.11. The maximum Gasteiger partial charge on any atom is 0.0469 e. The molecular weight excluding hydrogens is 236 g/mol. The van der Waals surface area contributed by atoms with Crippen LogP contribution in [0.5, 0.6) is 0 Å². The van der Waals surface area contributed by atoms with Crippen molar-refractivity contribution in [1.82, 2.24) is 0 Å². The van der Waals surface area contributed by atoms with Crippen LogP contribution in [0.25, 0.3) is 0 Å². The van der Waals surface area contributed by atoms with Crippen molar-refractivity contribution in [1.29, 1.82) is 0 Å². The molecule has 2 N–H and O–H groups in total. The van der Waals surface area contributed by atoms with Gasteiger partial charge in [0, 0.05) is 38.5 Å². The summed E-state index contributed by atoms with van der Waals surface area (Å²) in [5.74, 6) is 0.643. The zero-order chi connectivity index (χ0) is 13.8. The summed E-state index contributed by atoms with van der Waals surface area (Å²) in [4.78, 5) is 2.36. The van der Waals surface area contributed by atoms with Gasteiger partial charge in [0.1, 0.15) is 0 Å². The first-order valence-electron chi connectivity index (χ1n) is 7.20. The number of nitrogens with two attached hydrogens (primary N) is 1. The Bertz CT molecular complexity index is 393. The maximum absolute atomic E-state index is 6.04. The molecule has 1 aromatic rings. The van der Waals surface area contributed by atoms with Crippen LogP contribution in [0.4, 0.5) is 5.69 Å². The molecule has 0 saturated carbocycles. The van der Waals surface area contributed by atoms with E-state index >= 15 is 0 Å². The van der Waals surface area contributed by atoms with Crippen molar-refractivity contribution in [3.8, 4) is 0 Å². The highest BCUT2D eigenvalue weighted by atomic mass is 16.5. The molecule has 1 aromatic carbocycles. The zero-order valence-corrected chi connectivity index (χ0v) is 12.4. The first kappa shape index (κ1) is 14.4. The molecule has 2 rings (SSSR count). The maximum atomic E-state index is 6.04. The number of ether oxygens (including phenoxy) is 1. The van der Waals surface area contributed by atoms with E-state index in [0.717, 1.165) is 26.1 Å². The summed E-state index contributed by atoms with van der Waals surface area (Å²) >= 11 is 0. The summed E-state index contributed by atoms with van der Waals surface area (Å²) in [6.45, 7) is 6.75. The molecule has 1 saturated heterocycles. The van der Waals surface area contributed by atoms with Crippen LogP contribution in [-0.2, 0) is 4.74 Å². The molecule has 1 fully saturated rings. The van der Waals surface area contributed by atoms with Crippen LogP contribution < -0.4 is 10.6 Å². The number of likely N-dealkylation sites (N-methyl/N-ethyl adjacent to an activating group) is 1. The van der Waals surface area contributed by atoms with E-state index in [1.807, 2.05) is 0 Å². The number of anilines is 1. The van der Waals surface area contributed by atoms with Crippen molar-refractivity contribution in [2.45, 2.75) is 32.7 Å². The minimum Gasteiger partial charge on any atom is -0.381 e. The number of aryl methyl sites for hydroxylation is 2. The lowest BCUT2D eigenvalue weighted by molar-refractivity contribution is 0.0588. The van der Waals surface area contributed by atoms with E-state index in [-0.39, 0.29) is 0 Å². The third kappa shape index (κ3) is 3.48. The number of benzene rings is 1. The van der Waals surface area contributed by atoms with Crippen LogP contribution in [0.3, 0.4) is 0 Å². The molecule has 0 radical (unpaired) electrons. The third-order valence-electron chi connectivity index (χ3n) is 4.16. The van der Waals surface area contributed by atoms with Crippen LogP contribution in [-0.4, -0.2) is 32.8 Å². The fourth-order valence-electron chi connectivity index (χ4n) is 3.11. The number of rotatable bonds is 4. The molecule has 3 nitrogen and oxygen atoms in total. The van der Waals surface area contributed by atoms with Gasteiger partial charge in [-0.05, 0) is 55.9 Å². The van der Waals surface area contributed by atoms with Crippen molar-refractivity contribution < 1.29 is 4.74 Å². The van der Waals surface area contributed by atoms with E-state index in [1.165, 1.54) is 16.8 Å². The summed E-state index contributed by atoms with van der Waals surface area (Å²) in [5, 5.41) is 0. The molecule has 1 unspecified atom stereocenters. The van der Waals surface area contributed by atoms with Gasteiger partial charge < -0.3 is 15.4 Å². The van der Waals surface area contributed by atoms with Crippen molar-refractivity contribution in [2.75, 3.05) is 31.7 Å². The Morgan fingerprint density at radius 3 is 2.32 bits per heavy atom. The largest absolute Gasteiger partial charge is 0.381 e. The summed E-state index contributed by atoms with van der Waals surface area (Å²) in [5.41, 5.74) is 9.93. The Morgan fingerprint density at radius 2 is 1.79 bits per heavy atom. The molecule has 19 heavy (non-hydrogen) atoms. The fraction of sp³-hybridized carbons (Fsp3) is 0.625. The van der Waals surface area contributed by atoms with Gasteiger partial charge in [0.25, 0.3) is 0 Å². The van der Waals surface area contributed by atoms with Crippen LogP contribution in [0, 0.1) is 19.8 Å². The first-order valence-corrected chi connectivity index (χ1v) is 7.20. The average Bonchev–Trinajstić information content (AvgIpc) is 2.39. The van der Waals surface area contributed by atoms with Gasteiger partial charge in [-0.1, -0.05) is 6.07 Å². The SMILES string of the molecule is Cc1cc(C)cc(N(C)C(CN)C2CCOCC2)c1. The van der Waals surface area contributed by atoms with Gasteiger partial charge in [0.15, 0.2) is 0 Å². The summed E-state index contributed by atoms with van der Waals surface area (Å²) in [6.07, 6.45) is 2.24. The van der Waals surface area contributed by atoms with Gasteiger partial charge in [-0.2, -0.15) is 0 Å². The van der Waals surface area contributed by atoms with Crippen LogP contribution in [0.1, 0.15) is 24.0 Å². The van der Waals surface area contributed by atoms with Gasteiger partial charge >= 0.3 is 0 Å². The Hall–Kier alpha value is -1.06. The van der Waals surface area contributed by atoms with Crippen molar-refractivity contribution >= 4 is 5.69 Å². The molecule has 106 valence electrons. The van der Waals surface area contributed by atoms with E-state index in [0.29, 0.717) is 18.5 Å². The predicted molar refractivity (Wildman–Crippen MR) is 80.7 cm³/mol. The highest BCUT2D eigenvalue weighted by molar-refractivity contribution is 5.51. The van der Waals surface area contributed by atoms with Gasteiger partial charge in [0.05, 0.1) is 0 Å². The minimum atomic E-state index is 0.408. The van der Waals surface area contributed by atoms with Gasteiger partial charge in [-0.15, -0.1) is 0 Å². The molecule has 1 aliphatic rings. The fourth-order valence-corrected chi connectivity index (χ4v) is 3.11. The molecule has 0 amide bonds. The molecule has 3 heteroatoms. The summed E-state index contributed by atoms with van der Waals surface area (Å²) in [6, 6.07) is 7.11. The second-order valence-corrected chi connectivity index (χ2v) is 5.71. The molecular formula is C16H26N2O. The Morgan fingerprint density at radius 1 is 1.21 bits per heavy atom. The number of nitrogens with zero attached hydrogens (tertiary/aromatic N) is 1. The molecule has 1 aliphatic heterocycles. The van der Waals surface area contributed by atoms with Gasteiger partial charge in [-0.3, -0.25) is 0 Å². The second kappa shape index (κ2) is 6.40. The topological polar surface area (TPSA) is 38.5 Å². The third-order valence-corrected chi connectivity index (χ3v) is 4.16. The van der Waals surface area contributed by atoms with Gasteiger partial charge in [0.2, 0.25) is 0 Å². The van der Waals surface area contributed by atoms with Crippen molar-refractivity contribution in [3.05, 3.63) is 29.3 Å². The molecule has 0 aliphatic carbocycles. The monoisotopic (exact) mass is 262 g/mol. The van der Waals surface area contributed by atoms with Crippen molar-refractivity contribution in [2.24, 2.45) is 11.7 Å². The lowest BCUT2D eigenvalue weighted by atomic mass is 9.90. The van der Waals surface area contributed by atoms with Gasteiger partial charge in [-0.25, -0.2) is 0 Å². The highest BCUT2D eigenvalue weighted by Gasteiger charge is 2.26. The summed E-state index contributed by atoms with van der Waals surface area (Å²) in [7, 11) is 2.17. The average molecular weight is 262 g/mol. The van der Waals surface area contributed by atoms with Crippen molar-refractivity contribution in [3.63, 3.8) is 0 Å². The highest BCUT2D eigenvalue weighted by Crippen LogP contribution is 2.26. The standard InChI is InChI=1S/C16H26N2O/c1-12-8-13(2)10-15(9-12)18(3)16(11-17)14-4-6-19-7-5-14/h8-10,14,16H,4-7,11,17H2,1-3H3. The van der Waals surface area contributed by atoms with Crippen LogP contribution in [0.15, 0.2) is 18.2 Å². The zero-order valence-electron chi connectivity index (χ0n) is 12.4. The summed E-state index contributed by atoms with van der Waals surface area (Å²) < 4.78 is 5.46. The number of hydrogen-bond donors (Lipinski definition) is 1. The van der Waals surface area contributed by atoms with Crippen LogP contribution >= 0.6 is 0 Å². The second-order valence-electron chi connectivity index (χ2n) is 5.71.